The molecule has 0 aliphatic heterocycles. The minimum atomic E-state index is -0.236. The van der Waals surface area contributed by atoms with Crippen LogP contribution >= 0.6 is 15.9 Å². The van der Waals surface area contributed by atoms with Crippen LogP contribution in [0.5, 0.6) is 5.75 Å². The molecule has 20 heavy (non-hydrogen) atoms. The highest BCUT2D eigenvalue weighted by Gasteiger charge is 2.06. The Hall–Kier alpha value is -1.51. The average Bonchev–Trinajstić information content (AvgIpc) is 2.41. The summed E-state index contributed by atoms with van der Waals surface area (Å²) in [7, 11) is 0. The maximum absolute atomic E-state index is 11.4. The molecule has 0 saturated carbocycles. The molecular formula is C15H19BrN2O2. The van der Waals surface area contributed by atoms with Crippen LogP contribution in [0.4, 0.5) is 0 Å². The number of benzene rings is 1. The number of hydrogen-bond donors (Lipinski definition) is 2. The maximum atomic E-state index is 11.4. The van der Waals surface area contributed by atoms with Crippen LogP contribution in [0.2, 0.25) is 0 Å². The Morgan fingerprint density at radius 3 is 2.85 bits per heavy atom. The Balaban J connectivity index is 2.51. The molecule has 4 nitrogen and oxygen atoms in total. The van der Waals surface area contributed by atoms with E-state index in [2.05, 4.69) is 46.3 Å². The summed E-state index contributed by atoms with van der Waals surface area (Å²) in [6, 6.07) is 6.22. The fourth-order valence-electron chi connectivity index (χ4n) is 1.44. The van der Waals surface area contributed by atoms with Gasteiger partial charge in [-0.2, -0.15) is 0 Å². The highest BCUT2D eigenvalue weighted by Crippen LogP contribution is 2.26. The molecule has 0 spiro atoms. The third-order valence-electron chi connectivity index (χ3n) is 2.46. The lowest BCUT2D eigenvalue weighted by Gasteiger charge is -2.11. The van der Waals surface area contributed by atoms with Crippen LogP contribution < -0.4 is 15.4 Å². The summed E-state index contributed by atoms with van der Waals surface area (Å²) in [6.45, 7) is 5.15. The molecule has 0 fully saturated rings. The van der Waals surface area contributed by atoms with Crippen molar-refractivity contribution >= 4 is 21.8 Å². The van der Waals surface area contributed by atoms with Crippen molar-refractivity contribution in [1.29, 1.82) is 0 Å². The molecule has 0 aromatic heterocycles. The quantitative estimate of drug-likeness (QED) is 0.748. The van der Waals surface area contributed by atoms with Crippen LogP contribution in [0.3, 0.4) is 0 Å². The van der Waals surface area contributed by atoms with E-state index in [0.717, 1.165) is 16.6 Å². The molecule has 0 saturated heterocycles. The first-order chi connectivity index (χ1) is 9.52. The van der Waals surface area contributed by atoms with Crippen LogP contribution in [-0.2, 0) is 11.3 Å². The second kappa shape index (κ2) is 8.62. The normalized spacial score (nSPS) is 10.2. The van der Waals surface area contributed by atoms with Crippen LogP contribution in [-0.4, -0.2) is 25.1 Å². The smallest absolute Gasteiger partial charge is 0.258 e. The standard InChI is InChI=1S/C15H19BrN2O2/c1-4-7-17-15(19)10-20-14-6-5-12(8-13(14)16)9-18-11(2)3/h1,5-6,8,11,18H,7,9-10H2,2-3H3,(H,17,19). The zero-order valence-electron chi connectivity index (χ0n) is 11.7. The number of rotatable bonds is 7. The summed E-state index contributed by atoms with van der Waals surface area (Å²) >= 11 is 3.44. The fourth-order valence-corrected chi connectivity index (χ4v) is 1.98. The molecule has 0 bridgehead atoms. The number of halogens is 1. The fraction of sp³-hybridized carbons (Fsp3) is 0.400. The number of terminal acetylenes is 1. The summed E-state index contributed by atoms with van der Waals surface area (Å²) in [5.74, 6) is 2.73. The van der Waals surface area contributed by atoms with Crippen LogP contribution in [0.25, 0.3) is 0 Å². The Bertz CT molecular complexity index is 495. The summed E-state index contributed by atoms with van der Waals surface area (Å²) < 4.78 is 6.25. The molecule has 1 amide bonds. The summed E-state index contributed by atoms with van der Waals surface area (Å²) in [5.41, 5.74) is 1.15. The van der Waals surface area contributed by atoms with E-state index in [1.54, 1.807) is 0 Å². The topological polar surface area (TPSA) is 50.4 Å². The van der Waals surface area contributed by atoms with Gasteiger partial charge < -0.3 is 15.4 Å². The van der Waals surface area contributed by atoms with Crippen molar-refractivity contribution in [3.8, 4) is 18.1 Å². The molecule has 1 aromatic rings. The molecule has 0 aliphatic rings. The van der Waals surface area contributed by atoms with E-state index in [9.17, 15) is 4.79 Å². The number of carbonyl (C=O) groups excluding carboxylic acids is 1. The summed E-state index contributed by atoms with van der Waals surface area (Å²) in [6.07, 6.45) is 5.06. The highest BCUT2D eigenvalue weighted by atomic mass is 79.9. The molecule has 0 unspecified atom stereocenters. The second-order valence-electron chi connectivity index (χ2n) is 4.57. The molecular weight excluding hydrogens is 320 g/mol. The van der Waals surface area contributed by atoms with E-state index in [4.69, 9.17) is 11.2 Å². The maximum Gasteiger partial charge on any atom is 0.258 e. The first kappa shape index (κ1) is 16.5. The van der Waals surface area contributed by atoms with Gasteiger partial charge in [0.2, 0.25) is 0 Å². The number of nitrogens with one attached hydrogen (secondary N) is 2. The van der Waals surface area contributed by atoms with Crippen molar-refractivity contribution in [2.45, 2.75) is 26.4 Å². The predicted molar refractivity (Wildman–Crippen MR) is 83.5 cm³/mol. The first-order valence-corrected chi connectivity index (χ1v) is 7.17. The number of hydrogen-bond acceptors (Lipinski definition) is 3. The van der Waals surface area contributed by atoms with E-state index in [1.165, 1.54) is 0 Å². The Morgan fingerprint density at radius 1 is 1.50 bits per heavy atom. The largest absolute Gasteiger partial charge is 0.483 e. The molecule has 0 radical (unpaired) electrons. The monoisotopic (exact) mass is 338 g/mol. The summed E-state index contributed by atoms with van der Waals surface area (Å²) in [5, 5.41) is 5.88. The van der Waals surface area contributed by atoms with E-state index in [0.29, 0.717) is 11.8 Å². The van der Waals surface area contributed by atoms with Gasteiger partial charge in [0.15, 0.2) is 6.61 Å². The third-order valence-corrected chi connectivity index (χ3v) is 3.08. The number of amides is 1. The van der Waals surface area contributed by atoms with Gasteiger partial charge in [-0.1, -0.05) is 25.8 Å². The van der Waals surface area contributed by atoms with Crippen molar-refractivity contribution in [3.63, 3.8) is 0 Å². The molecule has 1 rings (SSSR count). The number of carbonyl (C=O) groups is 1. The van der Waals surface area contributed by atoms with Crippen molar-refractivity contribution < 1.29 is 9.53 Å². The van der Waals surface area contributed by atoms with Gasteiger partial charge in [0.25, 0.3) is 5.91 Å². The van der Waals surface area contributed by atoms with E-state index in [1.807, 2.05) is 18.2 Å². The molecule has 2 N–H and O–H groups in total. The zero-order chi connectivity index (χ0) is 15.0. The third kappa shape index (κ3) is 6.09. The van der Waals surface area contributed by atoms with Gasteiger partial charge in [0.05, 0.1) is 11.0 Å². The molecule has 0 heterocycles. The lowest BCUT2D eigenvalue weighted by molar-refractivity contribution is -0.122. The van der Waals surface area contributed by atoms with Gasteiger partial charge in [0, 0.05) is 12.6 Å². The van der Waals surface area contributed by atoms with Crippen molar-refractivity contribution in [2.24, 2.45) is 0 Å². The SMILES string of the molecule is C#CCNC(=O)COc1ccc(CNC(C)C)cc1Br. The Morgan fingerprint density at radius 2 is 2.25 bits per heavy atom. The predicted octanol–water partition coefficient (Wildman–Crippen LogP) is 2.08. The molecule has 108 valence electrons. The molecule has 1 aromatic carbocycles. The number of ether oxygens (including phenoxy) is 1. The van der Waals surface area contributed by atoms with Crippen LogP contribution in [0, 0.1) is 12.3 Å². The van der Waals surface area contributed by atoms with E-state index >= 15 is 0 Å². The van der Waals surface area contributed by atoms with Gasteiger partial charge in [-0.3, -0.25) is 4.79 Å². The van der Waals surface area contributed by atoms with E-state index in [-0.39, 0.29) is 19.1 Å². The lowest BCUT2D eigenvalue weighted by atomic mass is 10.2. The molecule has 5 heteroatoms. The second-order valence-corrected chi connectivity index (χ2v) is 5.42. The Labute approximate surface area is 128 Å². The molecule has 0 atom stereocenters. The van der Waals surface area contributed by atoms with Crippen LogP contribution in [0.15, 0.2) is 22.7 Å². The van der Waals surface area contributed by atoms with Gasteiger partial charge in [0.1, 0.15) is 5.75 Å². The Kier molecular flexibility index (Phi) is 7.13. The van der Waals surface area contributed by atoms with Gasteiger partial charge in [-0.25, -0.2) is 0 Å². The van der Waals surface area contributed by atoms with Crippen molar-refractivity contribution in [2.75, 3.05) is 13.2 Å². The minimum Gasteiger partial charge on any atom is -0.483 e. The lowest BCUT2D eigenvalue weighted by Crippen LogP contribution is -2.29. The van der Waals surface area contributed by atoms with E-state index < -0.39 is 0 Å². The van der Waals surface area contributed by atoms with Gasteiger partial charge >= 0.3 is 0 Å². The van der Waals surface area contributed by atoms with Crippen LogP contribution in [0.1, 0.15) is 19.4 Å². The van der Waals surface area contributed by atoms with Crippen molar-refractivity contribution in [1.82, 2.24) is 10.6 Å². The van der Waals surface area contributed by atoms with Gasteiger partial charge in [-0.05, 0) is 33.6 Å². The highest BCUT2D eigenvalue weighted by molar-refractivity contribution is 9.10. The first-order valence-electron chi connectivity index (χ1n) is 6.37. The molecule has 0 aliphatic carbocycles. The summed E-state index contributed by atoms with van der Waals surface area (Å²) in [4.78, 5) is 11.4. The zero-order valence-corrected chi connectivity index (χ0v) is 13.3. The average molecular weight is 339 g/mol. The van der Waals surface area contributed by atoms with Gasteiger partial charge in [-0.15, -0.1) is 6.42 Å². The minimum absolute atomic E-state index is 0.0517. The van der Waals surface area contributed by atoms with Crippen molar-refractivity contribution in [3.05, 3.63) is 28.2 Å².